The maximum atomic E-state index is 11.7. The highest BCUT2D eigenvalue weighted by atomic mass is 16.5. The number of aliphatic carboxylic acids is 1. The van der Waals surface area contributed by atoms with Crippen LogP contribution in [0, 0.1) is 11.8 Å². The number of hydrogen-bond donors (Lipinski definition) is 2. The van der Waals surface area contributed by atoms with Crippen molar-refractivity contribution in [2.75, 3.05) is 11.9 Å². The highest BCUT2D eigenvalue weighted by Gasteiger charge is 2.39. The van der Waals surface area contributed by atoms with E-state index in [9.17, 15) is 9.59 Å². The summed E-state index contributed by atoms with van der Waals surface area (Å²) in [5, 5.41) is 11.3. The second kappa shape index (κ2) is 5.08. The van der Waals surface area contributed by atoms with Crippen molar-refractivity contribution in [3.63, 3.8) is 0 Å². The third-order valence-corrected chi connectivity index (χ3v) is 2.91. The van der Waals surface area contributed by atoms with E-state index in [4.69, 9.17) is 9.84 Å². The fraction of sp³-hybridized carbons (Fsp3) is 0.385. The molecule has 2 unspecified atom stereocenters. The van der Waals surface area contributed by atoms with Crippen LogP contribution in [0.3, 0.4) is 0 Å². The number of carbonyl (C=O) groups excluding carboxylic acids is 1. The van der Waals surface area contributed by atoms with Crippen molar-refractivity contribution in [3.05, 3.63) is 24.3 Å². The molecule has 0 bridgehead atoms. The molecule has 0 aliphatic heterocycles. The van der Waals surface area contributed by atoms with Crippen LogP contribution in [-0.2, 0) is 9.59 Å². The minimum atomic E-state index is -1.03. The number of amides is 1. The molecule has 96 valence electrons. The Morgan fingerprint density at radius 2 is 2.22 bits per heavy atom. The van der Waals surface area contributed by atoms with Gasteiger partial charge >= 0.3 is 5.97 Å². The van der Waals surface area contributed by atoms with Gasteiger partial charge in [0.25, 0.3) is 0 Å². The van der Waals surface area contributed by atoms with Gasteiger partial charge in [-0.25, -0.2) is 4.79 Å². The summed E-state index contributed by atoms with van der Waals surface area (Å²) in [6.45, 7) is 1.65. The lowest BCUT2D eigenvalue weighted by atomic mass is 10.2. The third kappa shape index (κ3) is 3.23. The molecule has 2 rings (SSSR count). The maximum absolute atomic E-state index is 11.7. The molecule has 1 aromatic carbocycles. The summed E-state index contributed by atoms with van der Waals surface area (Å²) < 4.78 is 5.04. The lowest BCUT2D eigenvalue weighted by molar-refractivity contribution is -0.139. The highest BCUT2D eigenvalue weighted by Crippen LogP contribution is 2.38. The molecule has 0 heterocycles. The van der Waals surface area contributed by atoms with Crippen LogP contribution in [0.15, 0.2) is 24.3 Å². The minimum Gasteiger partial charge on any atom is -0.482 e. The zero-order chi connectivity index (χ0) is 13.1. The molecule has 18 heavy (non-hydrogen) atoms. The minimum absolute atomic E-state index is 0.0119. The Labute approximate surface area is 105 Å². The number of carbonyl (C=O) groups is 2. The molecule has 2 N–H and O–H groups in total. The number of anilines is 1. The molecule has 2 atom stereocenters. The van der Waals surface area contributed by atoms with Crippen LogP contribution < -0.4 is 10.1 Å². The Morgan fingerprint density at radius 3 is 2.83 bits per heavy atom. The Hall–Kier alpha value is -2.04. The van der Waals surface area contributed by atoms with Gasteiger partial charge in [-0.15, -0.1) is 0 Å². The number of carboxylic acids is 1. The number of carboxylic acid groups (broad SMARTS) is 1. The monoisotopic (exact) mass is 249 g/mol. The molecular formula is C13H15NO4. The predicted octanol–water partition coefficient (Wildman–Crippen LogP) is 1.74. The molecule has 1 fully saturated rings. The van der Waals surface area contributed by atoms with Gasteiger partial charge in [-0.05, 0) is 24.5 Å². The van der Waals surface area contributed by atoms with Gasteiger partial charge in [-0.3, -0.25) is 4.79 Å². The summed E-state index contributed by atoms with van der Waals surface area (Å²) in [6.07, 6.45) is 0.932. The SMILES string of the molecule is CC1CC1C(=O)Nc1cccc(OCC(=O)O)c1. The van der Waals surface area contributed by atoms with Crippen LogP contribution in [0.1, 0.15) is 13.3 Å². The quantitative estimate of drug-likeness (QED) is 0.833. The van der Waals surface area contributed by atoms with Gasteiger partial charge < -0.3 is 15.2 Å². The van der Waals surface area contributed by atoms with Crippen molar-refractivity contribution in [3.8, 4) is 5.75 Å². The third-order valence-electron chi connectivity index (χ3n) is 2.91. The summed E-state index contributed by atoms with van der Waals surface area (Å²) in [4.78, 5) is 22.1. The van der Waals surface area contributed by atoms with Crippen molar-refractivity contribution in [2.45, 2.75) is 13.3 Å². The Kier molecular flexibility index (Phi) is 3.50. The predicted molar refractivity (Wildman–Crippen MR) is 65.5 cm³/mol. The summed E-state index contributed by atoms with van der Waals surface area (Å²) in [6, 6.07) is 6.73. The van der Waals surface area contributed by atoms with E-state index in [1.807, 2.05) is 6.92 Å². The normalized spacial score (nSPS) is 21.2. The lowest BCUT2D eigenvalue weighted by Gasteiger charge is -2.07. The molecule has 5 heteroatoms. The second-order valence-corrected chi connectivity index (χ2v) is 4.52. The molecule has 5 nitrogen and oxygen atoms in total. The number of nitrogens with one attached hydrogen (secondary N) is 1. The van der Waals surface area contributed by atoms with Crippen LogP contribution in [0.5, 0.6) is 5.75 Å². The number of rotatable bonds is 5. The van der Waals surface area contributed by atoms with Crippen molar-refractivity contribution >= 4 is 17.6 Å². The first-order valence-electron chi connectivity index (χ1n) is 5.82. The molecule has 1 amide bonds. The molecule has 0 saturated heterocycles. The molecule has 1 saturated carbocycles. The fourth-order valence-corrected chi connectivity index (χ4v) is 1.73. The fourth-order valence-electron chi connectivity index (χ4n) is 1.73. The van der Waals surface area contributed by atoms with Crippen LogP contribution in [0.4, 0.5) is 5.69 Å². The Bertz CT molecular complexity index is 472. The zero-order valence-corrected chi connectivity index (χ0v) is 10.1. The topological polar surface area (TPSA) is 75.6 Å². The second-order valence-electron chi connectivity index (χ2n) is 4.52. The van der Waals surface area contributed by atoms with Crippen molar-refractivity contribution in [2.24, 2.45) is 11.8 Å². The van der Waals surface area contributed by atoms with E-state index >= 15 is 0 Å². The zero-order valence-electron chi connectivity index (χ0n) is 10.1. The van der Waals surface area contributed by atoms with E-state index < -0.39 is 12.6 Å². The summed E-state index contributed by atoms with van der Waals surface area (Å²) in [7, 11) is 0. The van der Waals surface area contributed by atoms with Crippen molar-refractivity contribution in [1.82, 2.24) is 0 Å². The molecule has 1 aliphatic rings. The first-order valence-corrected chi connectivity index (χ1v) is 5.82. The molecule has 0 aromatic heterocycles. The maximum Gasteiger partial charge on any atom is 0.341 e. The summed E-state index contributed by atoms with van der Waals surface area (Å²) in [5.74, 6) is -0.0294. The average Bonchev–Trinajstić information content (AvgIpc) is 3.04. The Morgan fingerprint density at radius 1 is 1.50 bits per heavy atom. The van der Waals surface area contributed by atoms with Gasteiger partial charge in [0.05, 0.1) is 0 Å². The van der Waals surface area contributed by atoms with Gasteiger partial charge in [0.2, 0.25) is 5.91 Å². The van der Waals surface area contributed by atoms with Crippen LogP contribution in [0.2, 0.25) is 0 Å². The molecule has 1 aliphatic carbocycles. The van der Waals surface area contributed by atoms with E-state index in [-0.39, 0.29) is 11.8 Å². The van der Waals surface area contributed by atoms with E-state index in [1.165, 1.54) is 0 Å². The smallest absolute Gasteiger partial charge is 0.341 e. The van der Waals surface area contributed by atoms with Crippen LogP contribution >= 0.6 is 0 Å². The lowest BCUT2D eigenvalue weighted by Crippen LogP contribution is -2.14. The van der Waals surface area contributed by atoms with Crippen molar-refractivity contribution < 1.29 is 19.4 Å². The molecular weight excluding hydrogens is 234 g/mol. The molecule has 1 aromatic rings. The van der Waals surface area contributed by atoms with Gasteiger partial charge in [0, 0.05) is 17.7 Å². The van der Waals surface area contributed by atoms with E-state index in [0.717, 1.165) is 6.42 Å². The molecule has 0 spiro atoms. The first-order chi connectivity index (χ1) is 8.56. The molecule has 0 radical (unpaired) electrons. The van der Waals surface area contributed by atoms with Gasteiger partial charge in [-0.2, -0.15) is 0 Å². The largest absolute Gasteiger partial charge is 0.482 e. The highest BCUT2D eigenvalue weighted by molar-refractivity contribution is 5.94. The average molecular weight is 249 g/mol. The van der Waals surface area contributed by atoms with Crippen LogP contribution in [-0.4, -0.2) is 23.6 Å². The van der Waals surface area contributed by atoms with E-state index in [1.54, 1.807) is 24.3 Å². The van der Waals surface area contributed by atoms with E-state index in [0.29, 0.717) is 17.4 Å². The van der Waals surface area contributed by atoms with E-state index in [2.05, 4.69) is 5.32 Å². The number of hydrogen-bond acceptors (Lipinski definition) is 3. The first kappa shape index (κ1) is 12.4. The standard InChI is InChI=1S/C13H15NO4/c1-8-5-11(8)13(17)14-9-3-2-4-10(6-9)18-7-12(15)16/h2-4,6,8,11H,5,7H2,1H3,(H,14,17)(H,15,16). The van der Waals surface area contributed by atoms with Crippen LogP contribution in [0.25, 0.3) is 0 Å². The summed E-state index contributed by atoms with van der Waals surface area (Å²) in [5.41, 5.74) is 0.627. The Balaban J connectivity index is 1.94. The number of benzene rings is 1. The van der Waals surface area contributed by atoms with Gasteiger partial charge in [0.1, 0.15) is 5.75 Å². The van der Waals surface area contributed by atoms with Gasteiger partial charge in [-0.1, -0.05) is 13.0 Å². The number of ether oxygens (including phenoxy) is 1. The van der Waals surface area contributed by atoms with Crippen molar-refractivity contribution in [1.29, 1.82) is 0 Å². The summed E-state index contributed by atoms with van der Waals surface area (Å²) >= 11 is 0. The van der Waals surface area contributed by atoms with Gasteiger partial charge in [0.15, 0.2) is 6.61 Å².